The second-order valence-electron chi connectivity index (χ2n) is 5.78. The Hall–Kier alpha value is -0.660. The van der Waals surface area contributed by atoms with Gasteiger partial charge in [-0.2, -0.15) is 4.31 Å². The molecule has 5 nitrogen and oxygen atoms in total. The van der Waals surface area contributed by atoms with Crippen LogP contribution in [0.25, 0.3) is 0 Å². The lowest BCUT2D eigenvalue weighted by atomic mass is 10.1. The molecule has 0 radical (unpaired) electrons. The lowest BCUT2D eigenvalue weighted by Gasteiger charge is -2.23. The summed E-state index contributed by atoms with van der Waals surface area (Å²) < 4.78 is 28.3. The molecule has 118 valence electrons. The normalized spacial score (nSPS) is 15.7. The van der Waals surface area contributed by atoms with E-state index in [2.05, 4.69) is 40.1 Å². The number of halogens is 1. The molecule has 2 rings (SSSR count). The molecule has 0 unspecified atom stereocenters. The van der Waals surface area contributed by atoms with E-state index in [9.17, 15) is 8.42 Å². The van der Waals surface area contributed by atoms with Crippen molar-refractivity contribution in [1.29, 1.82) is 0 Å². The molecular weight excluding hydrogens is 354 g/mol. The summed E-state index contributed by atoms with van der Waals surface area (Å²) in [5.41, 5.74) is 0. The van der Waals surface area contributed by atoms with E-state index < -0.39 is 10.0 Å². The molecule has 0 amide bonds. The first kappa shape index (κ1) is 16.7. The highest BCUT2D eigenvalue weighted by atomic mass is 79.9. The molecule has 1 N–H and O–H groups in total. The van der Waals surface area contributed by atoms with Crippen LogP contribution in [0.3, 0.4) is 0 Å². The second-order valence-corrected chi connectivity index (χ2v) is 8.55. The Balaban J connectivity index is 2.36. The summed E-state index contributed by atoms with van der Waals surface area (Å²) in [4.78, 5) is 4.40. The summed E-state index contributed by atoms with van der Waals surface area (Å²) in [5, 5.41) is 2.87. The molecule has 0 aromatic carbocycles. The van der Waals surface area contributed by atoms with Crippen molar-refractivity contribution in [3.8, 4) is 0 Å². The molecule has 1 aliphatic carbocycles. The van der Waals surface area contributed by atoms with Gasteiger partial charge in [0.05, 0.1) is 0 Å². The van der Waals surface area contributed by atoms with Crippen LogP contribution < -0.4 is 5.32 Å². The van der Waals surface area contributed by atoms with Gasteiger partial charge in [-0.05, 0) is 47.2 Å². The van der Waals surface area contributed by atoms with Crippen LogP contribution in [0.4, 0.5) is 5.82 Å². The number of nitrogens with one attached hydrogen (secondary N) is 1. The van der Waals surface area contributed by atoms with Crippen LogP contribution in [0.15, 0.2) is 21.6 Å². The molecule has 21 heavy (non-hydrogen) atoms. The monoisotopic (exact) mass is 375 g/mol. The first-order chi connectivity index (χ1) is 9.86. The molecule has 1 heterocycles. The van der Waals surface area contributed by atoms with Crippen LogP contribution >= 0.6 is 15.9 Å². The van der Waals surface area contributed by atoms with E-state index in [1.165, 1.54) is 0 Å². The van der Waals surface area contributed by atoms with Crippen LogP contribution in [0.1, 0.15) is 33.1 Å². The van der Waals surface area contributed by atoms with Crippen molar-refractivity contribution in [2.45, 2.75) is 44.0 Å². The zero-order valence-corrected chi connectivity index (χ0v) is 15.0. The van der Waals surface area contributed by atoms with E-state index >= 15 is 0 Å². The third kappa shape index (κ3) is 3.96. The van der Waals surface area contributed by atoms with Crippen molar-refractivity contribution in [2.24, 2.45) is 5.92 Å². The average molecular weight is 376 g/mol. The Kier molecular flexibility index (Phi) is 5.27. The maximum absolute atomic E-state index is 13.0. The second kappa shape index (κ2) is 6.62. The van der Waals surface area contributed by atoms with E-state index in [0.29, 0.717) is 22.8 Å². The van der Waals surface area contributed by atoms with E-state index in [-0.39, 0.29) is 10.9 Å². The van der Waals surface area contributed by atoms with Gasteiger partial charge < -0.3 is 5.32 Å². The Bertz CT molecular complexity index is 600. The van der Waals surface area contributed by atoms with Crippen molar-refractivity contribution in [3.63, 3.8) is 0 Å². The van der Waals surface area contributed by atoms with Gasteiger partial charge in [-0.25, -0.2) is 13.4 Å². The predicted molar refractivity (Wildman–Crippen MR) is 87.9 cm³/mol. The number of hydrogen-bond donors (Lipinski definition) is 1. The topological polar surface area (TPSA) is 62.3 Å². The molecule has 1 aliphatic rings. The Morgan fingerprint density at radius 1 is 1.48 bits per heavy atom. The minimum absolute atomic E-state index is 0.150. The fourth-order valence-corrected chi connectivity index (χ4v) is 4.54. The fraction of sp³-hybridized carbons (Fsp3) is 0.643. The molecule has 0 aliphatic heterocycles. The Labute approximate surface area is 135 Å². The number of anilines is 1. The third-order valence-electron chi connectivity index (χ3n) is 3.52. The van der Waals surface area contributed by atoms with Gasteiger partial charge in [-0.1, -0.05) is 13.8 Å². The van der Waals surface area contributed by atoms with E-state index in [4.69, 9.17) is 0 Å². The molecular formula is C14H22BrN3O2S. The summed E-state index contributed by atoms with van der Waals surface area (Å²) in [6.07, 6.45) is 4.37. The molecule has 1 fully saturated rings. The number of sulfonamides is 1. The van der Waals surface area contributed by atoms with Gasteiger partial charge in [0.25, 0.3) is 0 Å². The average Bonchev–Trinajstić information content (AvgIpc) is 3.23. The van der Waals surface area contributed by atoms with Crippen LogP contribution in [-0.2, 0) is 10.0 Å². The molecule has 7 heteroatoms. The quantitative estimate of drug-likeness (QED) is 0.795. The summed E-state index contributed by atoms with van der Waals surface area (Å²) in [5.74, 6) is 0.874. The number of nitrogens with zero attached hydrogens (tertiary/aromatic N) is 2. The molecule has 0 bridgehead atoms. The van der Waals surface area contributed by atoms with Crippen molar-refractivity contribution >= 4 is 31.8 Å². The summed E-state index contributed by atoms with van der Waals surface area (Å²) in [6.45, 7) is 4.79. The van der Waals surface area contributed by atoms with Crippen molar-refractivity contribution < 1.29 is 8.42 Å². The SMILES string of the molecule is CNc1ncc(Br)cc1S(=O)(=O)N(CCC(C)C)C1CC1. The molecule has 0 atom stereocenters. The van der Waals surface area contributed by atoms with Crippen molar-refractivity contribution in [2.75, 3.05) is 18.9 Å². The van der Waals surface area contributed by atoms with E-state index in [1.54, 1.807) is 23.6 Å². The van der Waals surface area contributed by atoms with Gasteiger partial charge in [0.2, 0.25) is 10.0 Å². The van der Waals surface area contributed by atoms with Crippen molar-refractivity contribution in [1.82, 2.24) is 9.29 Å². The van der Waals surface area contributed by atoms with E-state index in [0.717, 1.165) is 19.3 Å². The predicted octanol–water partition coefficient (Wildman–Crippen LogP) is 3.09. The highest BCUT2D eigenvalue weighted by molar-refractivity contribution is 9.10. The third-order valence-corrected chi connectivity index (χ3v) is 5.92. The minimum Gasteiger partial charge on any atom is -0.372 e. The zero-order chi connectivity index (χ0) is 15.6. The summed E-state index contributed by atoms with van der Waals surface area (Å²) in [7, 11) is -1.84. The van der Waals surface area contributed by atoms with Gasteiger partial charge in [0, 0.05) is 30.3 Å². The smallest absolute Gasteiger partial charge is 0.247 e. The molecule has 0 spiro atoms. The lowest BCUT2D eigenvalue weighted by Crippen LogP contribution is -2.35. The molecule has 1 saturated carbocycles. The van der Waals surface area contributed by atoms with Crippen LogP contribution in [0, 0.1) is 5.92 Å². The summed E-state index contributed by atoms with van der Waals surface area (Å²) >= 11 is 3.31. The van der Waals surface area contributed by atoms with Crippen molar-refractivity contribution in [3.05, 3.63) is 16.7 Å². The standard InChI is InChI=1S/C14H22BrN3O2S/c1-10(2)6-7-18(12-4-5-12)21(19,20)13-8-11(15)9-17-14(13)16-3/h8-10,12H,4-7H2,1-3H3,(H,16,17). The maximum Gasteiger partial charge on any atom is 0.247 e. The summed E-state index contributed by atoms with van der Waals surface area (Å²) in [6, 6.07) is 1.77. The number of rotatable bonds is 7. The van der Waals surface area contributed by atoms with Crippen LogP contribution in [0.2, 0.25) is 0 Å². The zero-order valence-electron chi connectivity index (χ0n) is 12.6. The van der Waals surface area contributed by atoms with E-state index in [1.807, 2.05) is 0 Å². The van der Waals surface area contributed by atoms with Gasteiger partial charge >= 0.3 is 0 Å². The number of pyridine rings is 1. The molecule has 1 aromatic rings. The molecule has 0 saturated heterocycles. The van der Waals surface area contributed by atoms with Crippen LogP contribution in [0.5, 0.6) is 0 Å². The maximum atomic E-state index is 13.0. The number of hydrogen-bond acceptors (Lipinski definition) is 4. The van der Waals surface area contributed by atoms with Gasteiger partial charge in [-0.15, -0.1) is 0 Å². The molecule has 1 aromatic heterocycles. The first-order valence-corrected chi connectivity index (χ1v) is 9.44. The first-order valence-electron chi connectivity index (χ1n) is 7.21. The Morgan fingerprint density at radius 3 is 2.67 bits per heavy atom. The largest absolute Gasteiger partial charge is 0.372 e. The lowest BCUT2D eigenvalue weighted by molar-refractivity contribution is 0.373. The van der Waals surface area contributed by atoms with Crippen LogP contribution in [-0.4, -0.2) is 37.3 Å². The Morgan fingerprint density at radius 2 is 2.14 bits per heavy atom. The number of aromatic nitrogens is 1. The highest BCUT2D eigenvalue weighted by Crippen LogP contribution is 2.35. The fourth-order valence-electron chi connectivity index (χ4n) is 2.18. The van der Waals surface area contributed by atoms with Gasteiger partial charge in [0.15, 0.2) is 0 Å². The minimum atomic E-state index is -3.52. The highest BCUT2D eigenvalue weighted by Gasteiger charge is 2.39. The van der Waals surface area contributed by atoms with Gasteiger partial charge in [-0.3, -0.25) is 0 Å². The van der Waals surface area contributed by atoms with Gasteiger partial charge in [0.1, 0.15) is 10.7 Å².